The predicted molar refractivity (Wildman–Crippen MR) is 249 cm³/mol. The Balaban J connectivity index is 0.947. The van der Waals surface area contributed by atoms with Gasteiger partial charge >= 0.3 is 0 Å². The molecule has 11 nitrogen and oxygen atoms in total. The number of rotatable bonds is 16. The first kappa shape index (κ1) is 44.2. The SMILES string of the molecule is O=C(N[C@H]1CCCC[C@@H]1NC(=O)[C@H](Cc1ccccc1)CC(O)C[C@H](Cc1ccccc1)C(=O)N[C@H]1CCCC[C@@H]1NC(=O)c1ccc2ccccc2n1)c1ccc2ccccc2n1. The number of aliphatic hydroxyl groups is 1. The largest absolute Gasteiger partial charge is 0.393 e. The number of pyridine rings is 2. The summed E-state index contributed by atoms with van der Waals surface area (Å²) >= 11 is 0. The zero-order valence-electron chi connectivity index (χ0n) is 36.2. The Bertz CT molecular complexity index is 2360. The number of para-hydroxylation sites is 2. The molecule has 0 bridgehead atoms. The third kappa shape index (κ3) is 11.6. The highest BCUT2D eigenvalue weighted by Crippen LogP contribution is 2.26. The number of nitrogens with one attached hydrogen (secondary N) is 4. The van der Waals surface area contributed by atoms with Crippen molar-refractivity contribution >= 4 is 45.4 Å². The van der Waals surface area contributed by atoms with Gasteiger partial charge in [-0.2, -0.15) is 0 Å². The molecule has 0 aliphatic heterocycles. The molecule has 2 aliphatic rings. The quantitative estimate of drug-likeness (QED) is 0.0668. The molecular weight excluding hydrogens is 801 g/mol. The van der Waals surface area contributed by atoms with Crippen LogP contribution < -0.4 is 21.3 Å². The number of nitrogens with zero attached hydrogens (tertiary/aromatic N) is 2. The van der Waals surface area contributed by atoms with Crippen molar-refractivity contribution in [2.24, 2.45) is 11.8 Å². The Hall–Kier alpha value is -6.46. The van der Waals surface area contributed by atoms with Gasteiger partial charge in [0.05, 0.1) is 17.1 Å². The fourth-order valence-electron chi connectivity index (χ4n) is 9.54. The van der Waals surface area contributed by atoms with Gasteiger partial charge in [-0.15, -0.1) is 0 Å². The molecule has 0 spiro atoms. The van der Waals surface area contributed by atoms with Crippen LogP contribution in [0, 0.1) is 11.8 Å². The number of carbonyl (C=O) groups excluding carboxylic acids is 4. The van der Waals surface area contributed by atoms with Gasteiger partial charge in [-0.3, -0.25) is 19.2 Å². The third-order valence-corrected chi connectivity index (χ3v) is 13.0. The lowest BCUT2D eigenvalue weighted by Crippen LogP contribution is -2.55. The van der Waals surface area contributed by atoms with Gasteiger partial charge in [-0.25, -0.2) is 9.97 Å². The van der Waals surface area contributed by atoms with Crippen LogP contribution in [0.3, 0.4) is 0 Å². The summed E-state index contributed by atoms with van der Waals surface area (Å²) in [6.45, 7) is 0. The average molecular weight is 859 g/mol. The molecule has 8 rings (SSSR count). The number of aromatic nitrogens is 2. The van der Waals surface area contributed by atoms with Crippen LogP contribution in [-0.4, -0.2) is 69.0 Å². The normalized spacial score (nSPS) is 20.1. The molecule has 64 heavy (non-hydrogen) atoms. The van der Waals surface area contributed by atoms with Gasteiger partial charge in [-0.1, -0.05) is 135 Å². The molecule has 4 aromatic carbocycles. The summed E-state index contributed by atoms with van der Waals surface area (Å²) in [4.78, 5) is 65.0. The Labute approximate surface area is 374 Å². The number of carbonyl (C=O) groups is 4. The summed E-state index contributed by atoms with van der Waals surface area (Å²) < 4.78 is 0. The fraction of sp³-hybridized carbons (Fsp3) is 0.358. The molecule has 2 aliphatic carbocycles. The second kappa shape index (κ2) is 21.3. The first-order valence-corrected chi connectivity index (χ1v) is 23.0. The van der Waals surface area contributed by atoms with Crippen LogP contribution in [0.15, 0.2) is 133 Å². The second-order valence-corrected chi connectivity index (χ2v) is 17.6. The van der Waals surface area contributed by atoms with Crippen LogP contribution in [0.2, 0.25) is 0 Å². The monoisotopic (exact) mass is 858 g/mol. The zero-order valence-corrected chi connectivity index (χ0v) is 36.2. The molecule has 330 valence electrons. The first-order chi connectivity index (χ1) is 31.3. The Kier molecular flexibility index (Phi) is 14.7. The molecule has 5 N–H and O–H groups in total. The van der Waals surface area contributed by atoms with Crippen molar-refractivity contribution in [3.8, 4) is 0 Å². The van der Waals surface area contributed by atoms with Crippen molar-refractivity contribution in [1.29, 1.82) is 0 Å². The predicted octanol–water partition coefficient (Wildman–Crippen LogP) is 7.66. The molecule has 2 fully saturated rings. The molecule has 2 heterocycles. The van der Waals surface area contributed by atoms with Crippen LogP contribution in [0.25, 0.3) is 21.8 Å². The molecule has 6 aromatic rings. The van der Waals surface area contributed by atoms with Crippen LogP contribution in [0.5, 0.6) is 0 Å². The first-order valence-electron chi connectivity index (χ1n) is 23.0. The van der Waals surface area contributed by atoms with E-state index in [9.17, 15) is 24.3 Å². The molecule has 1 unspecified atom stereocenters. The van der Waals surface area contributed by atoms with E-state index >= 15 is 0 Å². The molecular formula is C53H58N6O5. The van der Waals surface area contributed by atoms with Gasteiger partial charge < -0.3 is 26.4 Å². The van der Waals surface area contributed by atoms with E-state index in [0.717, 1.165) is 71.5 Å². The van der Waals surface area contributed by atoms with Crippen LogP contribution in [0.4, 0.5) is 0 Å². The minimum absolute atomic E-state index is 0.144. The summed E-state index contributed by atoms with van der Waals surface area (Å²) in [6, 6.07) is 41.0. The van der Waals surface area contributed by atoms with E-state index in [1.54, 1.807) is 12.1 Å². The Morgan fingerprint density at radius 2 is 0.828 bits per heavy atom. The van der Waals surface area contributed by atoms with Gasteiger partial charge in [0.15, 0.2) is 0 Å². The molecule has 7 atom stereocenters. The summed E-state index contributed by atoms with van der Waals surface area (Å²) in [7, 11) is 0. The minimum Gasteiger partial charge on any atom is -0.393 e. The van der Waals surface area contributed by atoms with Gasteiger partial charge in [0, 0.05) is 46.8 Å². The van der Waals surface area contributed by atoms with Crippen molar-refractivity contribution < 1.29 is 24.3 Å². The Morgan fingerprint density at radius 1 is 0.469 bits per heavy atom. The number of amides is 4. The number of aliphatic hydroxyl groups excluding tert-OH is 1. The fourth-order valence-corrected chi connectivity index (χ4v) is 9.54. The van der Waals surface area contributed by atoms with E-state index in [-0.39, 0.29) is 60.6 Å². The van der Waals surface area contributed by atoms with Crippen molar-refractivity contribution in [3.63, 3.8) is 0 Å². The van der Waals surface area contributed by atoms with Gasteiger partial charge in [0.25, 0.3) is 11.8 Å². The zero-order chi connectivity index (χ0) is 44.3. The number of benzene rings is 4. The van der Waals surface area contributed by atoms with Crippen molar-refractivity contribution in [3.05, 3.63) is 156 Å². The van der Waals surface area contributed by atoms with Crippen LogP contribution >= 0.6 is 0 Å². The summed E-state index contributed by atoms with van der Waals surface area (Å²) in [5.41, 5.74) is 4.08. The van der Waals surface area contributed by atoms with Crippen LogP contribution in [0.1, 0.15) is 96.3 Å². The van der Waals surface area contributed by atoms with Crippen LogP contribution in [-0.2, 0) is 22.4 Å². The van der Waals surface area contributed by atoms with E-state index in [4.69, 9.17) is 0 Å². The average Bonchev–Trinajstić information content (AvgIpc) is 3.32. The van der Waals surface area contributed by atoms with Gasteiger partial charge in [0.1, 0.15) is 11.4 Å². The molecule has 4 amide bonds. The summed E-state index contributed by atoms with van der Waals surface area (Å²) in [5.74, 6) is -2.13. The van der Waals surface area contributed by atoms with Gasteiger partial charge in [-0.05, 0) is 86.8 Å². The lowest BCUT2D eigenvalue weighted by Gasteiger charge is -2.34. The van der Waals surface area contributed by atoms with E-state index < -0.39 is 17.9 Å². The molecule has 2 saturated carbocycles. The second-order valence-electron chi connectivity index (χ2n) is 17.6. The maximum atomic E-state index is 14.4. The lowest BCUT2D eigenvalue weighted by atomic mass is 9.85. The topological polar surface area (TPSA) is 162 Å². The van der Waals surface area contributed by atoms with E-state index in [0.29, 0.717) is 37.1 Å². The Morgan fingerprint density at radius 3 is 1.23 bits per heavy atom. The minimum atomic E-state index is -0.972. The maximum absolute atomic E-state index is 14.4. The third-order valence-electron chi connectivity index (χ3n) is 13.0. The van der Waals surface area contributed by atoms with E-state index in [2.05, 4.69) is 31.2 Å². The standard InChI is InChI=1S/C53H58N6O5/c60-41(33-39(31-35-15-3-1-4-16-35)50(61)56-44-23-11-13-25-46(44)58-52(63)48-29-27-37-19-7-9-21-42(37)54-48)34-40(32-36-17-5-2-6-18-36)51(62)57-45-24-12-14-26-47(45)59-53(64)49-30-28-38-20-8-10-22-43(38)55-49/h1-10,15-22,27-30,39-41,44-47,60H,11-14,23-26,31-34H2,(H,56,61)(H,57,62)(H,58,63)(H,59,64)/t39-,40+,41?,44-,45-,46-,47-/m0/s1. The van der Waals surface area contributed by atoms with Crippen molar-refractivity contribution in [2.75, 3.05) is 0 Å². The smallest absolute Gasteiger partial charge is 0.270 e. The molecule has 11 heteroatoms. The molecule has 0 radical (unpaired) electrons. The van der Waals surface area contributed by atoms with E-state index in [1.165, 1.54) is 0 Å². The maximum Gasteiger partial charge on any atom is 0.270 e. The molecule has 0 saturated heterocycles. The van der Waals surface area contributed by atoms with Crippen molar-refractivity contribution in [2.45, 2.75) is 107 Å². The molecule has 2 aromatic heterocycles. The number of hydrogen-bond acceptors (Lipinski definition) is 7. The highest BCUT2D eigenvalue weighted by Gasteiger charge is 2.34. The number of hydrogen-bond donors (Lipinski definition) is 5. The highest BCUT2D eigenvalue weighted by atomic mass is 16.3. The summed E-state index contributed by atoms with van der Waals surface area (Å²) in [6.07, 6.45) is 6.67. The van der Waals surface area contributed by atoms with Gasteiger partial charge in [0.2, 0.25) is 11.8 Å². The highest BCUT2D eigenvalue weighted by molar-refractivity contribution is 5.96. The lowest BCUT2D eigenvalue weighted by molar-refractivity contribution is -0.128. The van der Waals surface area contributed by atoms with Crippen molar-refractivity contribution in [1.82, 2.24) is 31.2 Å². The summed E-state index contributed by atoms with van der Waals surface area (Å²) in [5, 5.41) is 26.7. The number of fused-ring (bicyclic) bond motifs is 2. The van der Waals surface area contributed by atoms with E-state index in [1.807, 2.05) is 121 Å².